The van der Waals surface area contributed by atoms with Gasteiger partial charge in [-0.25, -0.2) is 0 Å². The van der Waals surface area contributed by atoms with Crippen LogP contribution in [0.5, 0.6) is 0 Å². The zero-order chi connectivity index (χ0) is 22.7. The van der Waals surface area contributed by atoms with Crippen molar-refractivity contribution in [3.05, 3.63) is 93.8 Å². The summed E-state index contributed by atoms with van der Waals surface area (Å²) in [5, 5.41) is 3.66. The molecule has 164 valence electrons. The van der Waals surface area contributed by atoms with Crippen molar-refractivity contribution in [3.8, 4) is 0 Å². The maximum atomic E-state index is 13.1. The van der Waals surface area contributed by atoms with Gasteiger partial charge in [0.05, 0.1) is 5.56 Å². The van der Waals surface area contributed by atoms with Gasteiger partial charge in [-0.15, -0.1) is 0 Å². The molecule has 1 aliphatic rings. The fourth-order valence-corrected chi connectivity index (χ4v) is 4.15. The van der Waals surface area contributed by atoms with E-state index in [2.05, 4.69) is 22.4 Å². The fraction of sp³-hybridized carbons (Fsp3) is 0.269. The third kappa shape index (κ3) is 5.00. The first kappa shape index (κ1) is 22.0. The van der Waals surface area contributed by atoms with Gasteiger partial charge in [-0.05, 0) is 80.1 Å². The molecule has 3 aromatic rings. The van der Waals surface area contributed by atoms with E-state index in [0.29, 0.717) is 35.8 Å². The number of halogens is 1. The summed E-state index contributed by atoms with van der Waals surface area (Å²) < 4.78 is 0. The zero-order valence-electron chi connectivity index (χ0n) is 18.3. The van der Waals surface area contributed by atoms with E-state index in [1.165, 1.54) is 5.56 Å². The number of anilines is 1. The molecule has 32 heavy (non-hydrogen) atoms. The van der Waals surface area contributed by atoms with Gasteiger partial charge in [0, 0.05) is 41.3 Å². The van der Waals surface area contributed by atoms with E-state index in [1.807, 2.05) is 43.0 Å². The lowest BCUT2D eigenvalue weighted by Gasteiger charge is -2.32. The minimum atomic E-state index is -0.242. The Morgan fingerprint density at radius 2 is 1.66 bits per heavy atom. The Labute approximate surface area is 193 Å². The molecule has 0 spiro atoms. The average molecular weight is 448 g/mol. The van der Waals surface area contributed by atoms with Crippen molar-refractivity contribution in [2.45, 2.75) is 32.6 Å². The second kappa shape index (κ2) is 9.53. The topological polar surface area (TPSA) is 62.3 Å². The molecule has 0 aliphatic carbocycles. The summed E-state index contributed by atoms with van der Waals surface area (Å²) in [5.41, 5.74) is 4.72. The summed E-state index contributed by atoms with van der Waals surface area (Å²) in [6, 6.07) is 17.0. The van der Waals surface area contributed by atoms with E-state index < -0.39 is 0 Å². The number of benzene rings is 2. The maximum absolute atomic E-state index is 13.1. The normalized spacial score (nSPS) is 14.3. The summed E-state index contributed by atoms with van der Waals surface area (Å²) in [7, 11) is 0. The monoisotopic (exact) mass is 447 g/mol. The van der Waals surface area contributed by atoms with Crippen molar-refractivity contribution in [2.75, 3.05) is 18.4 Å². The average Bonchev–Trinajstić information content (AvgIpc) is 2.81. The smallest absolute Gasteiger partial charge is 0.257 e. The van der Waals surface area contributed by atoms with Crippen molar-refractivity contribution < 1.29 is 9.59 Å². The summed E-state index contributed by atoms with van der Waals surface area (Å²) in [4.78, 5) is 31.8. The van der Waals surface area contributed by atoms with Gasteiger partial charge in [-0.1, -0.05) is 29.8 Å². The highest BCUT2D eigenvalue weighted by Gasteiger charge is 2.25. The first-order valence-corrected chi connectivity index (χ1v) is 11.2. The molecule has 4 rings (SSSR count). The molecular weight excluding hydrogens is 422 g/mol. The predicted octanol–water partition coefficient (Wildman–Crippen LogP) is 5.62. The lowest BCUT2D eigenvalue weighted by atomic mass is 9.89. The van der Waals surface area contributed by atoms with Crippen LogP contribution in [0, 0.1) is 13.8 Å². The van der Waals surface area contributed by atoms with Gasteiger partial charge in [0.2, 0.25) is 0 Å². The second-order valence-corrected chi connectivity index (χ2v) is 8.73. The highest BCUT2D eigenvalue weighted by atomic mass is 35.5. The second-order valence-electron chi connectivity index (χ2n) is 8.29. The molecule has 0 bridgehead atoms. The van der Waals surface area contributed by atoms with Gasteiger partial charge >= 0.3 is 0 Å². The van der Waals surface area contributed by atoms with Crippen LogP contribution in [0.1, 0.15) is 56.3 Å². The van der Waals surface area contributed by atoms with Crippen LogP contribution in [0.4, 0.5) is 5.69 Å². The molecule has 2 heterocycles. The Bertz CT molecular complexity index is 1120. The zero-order valence-corrected chi connectivity index (χ0v) is 19.0. The Kier molecular flexibility index (Phi) is 6.56. The molecule has 0 atom stereocenters. The number of nitrogens with one attached hydrogen (secondary N) is 1. The third-order valence-corrected chi connectivity index (χ3v) is 6.28. The summed E-state index contributed by atoms with van der Waals surface area (Å²) in [6.07, 6.45) is 3.40. The molecule has 1 aliphatic heterocycles. The Morgan fingerprint density at radius 1 is 0.969 bits per heavy atom. The first-order chi connectivity index (χ1) is 15.4. The van der Waals surface area contributed by atoms with Gasteiger partial charge in [-0.2, -0.15) is 0 Å². The van der Waals surface area contributed by atoms with Crippen LogP contribution < -0.4 is 5.32 Å². The van der Waals surface area contributed by atoms with Gasteiger partial charge in [0.15, 0.2) is 0 Å². The largest absolute Gasteiger partial charge is 0.339 e. The van der Waals surface area contributed by atoms with Crippen LogP contribution in [0.25, 0.3) is 0 Å². The number of amides is 2. The first-order valence-electron chi connectivity index (χ1n) is 10.8. The minimum Gasteiger partial charge on any atom is -0.339 e. The molecule has 1 saturated heterocycles. The van der Waals surface area contributed by atoms with Crippen molar-refractivity contribution in [2.24, 2.45) is 0 Å². The number of carbonyl (C=O) groups is 2. The Balaban J connectivity index is 1.42. The number of hydrogen-bond acceptors (Lipinski definition) is 3. The van der Waals surface area contributed by atoms with Gasteiger partial charge in [-0.3, -0.25) is 14.6 Å². The Morgan fingerprint density at radius 3 is 2.31 bits per heavy atom. The maximum Gasteiger partial charge on any atom is 0.257 e. The number of nitrogens with zero attached hydrogens (tertiary/aromatic N) is 2. The van der Waals surface area contributed by atoms with Crippen LogP contribution >= 0.6 is 11.6 Å². The van der Waals surface area contributed by atoms with Gasteiger partial charge in [0.1, 0.15) is 0 Å². The molecule has 1 fully saturated rings. The highest BCUT2D eigenvalue weighted by Crippen LogP contribution is 2.30. The quantitative estimate of drug-likeness (QED) is 0.564. The number of rotatable bonds is 4. The van der Waals surface area contributed by atoms with Crippen molar-refractivity contribution >= 4 is 29.1 Å². The van der Waals surface area contributed by atoms with E-state index >= 15 is 0 Å². The number of carbonyl (C=O) groups excluding carboxylic acids is 2. The number of piperidine rings is 1. The molecule has 2 aromatic carbocycles. The van der Waals surface area contributed by atoms with Crippen LogP contribution in [-0.2, 0) is 0 Å². The van der Waals surface area contributed by atoms with E-state index in [4.69, 9.17) is 11.6 Å². The fourth-order valence-electron chi connectivity index (χ4n) is 4.02. The summed E-state index contributed by atoms with van der Waals surface area (Å²) >= 11 is 6.00. The van der Waals surface area contributed by atoms with Gasteiger partial charge < -0.3 is 10.2 Å². The van der Waals surface area contributed by atoms with E-state index in [9.17, 15) is 9.59 Å². The standard InChI is InChI=1S/C26H26ClN3O2/c1-17-3-5-21(15-24(17)29-25(31)22-6-4-18(2)28-16-22)26(32)30-13-11-20(12-14-30)19-7-9-23(27)10-8-19/h3-10,15-16,20H,11-14H2,1-2H3,(H,29,31). The number of hydrogen-bond donors (Lipinski definition) is 1. The summed E-state index contributed by atoms with van der Waals surface area (Å²) in [6.45, 7) is 5.20. The third-order valence-electron chi connectivity index (χ3n) is 6.03. The predicted molar refractivity (Wildman–Crippen MR) is 127 cm³/mol. The number of likely N-dealkylation sites (tertiary alicyclic amines) is 1. The molecule has 5 nitrogen and oxygen atoms in total. The molecule has 2 amide bonds. The molecule has 0 unspecified atom stereocenters. The molecular formula is C26H26ClN3O2. The Hall–Kier alpha value is -3.18. The minimum absolute atomic E-state index is 0.00735. The van der Waals surface area contributed by atoms with E-state index in [-0.39, 0.29) is 11.8 Å². The van der Waals surface area contributed by atoms with Crippen LogP contribution in [0.3, 0.4) is 0 Å². The highest BCUT2D eigenvalue weighted by molar-refractivity contribution is 6.30. The lowest BCUT2D eigenvalue weighted by Crippen LogP contribution is -2.38. The van der Waals surface area contributed by atoms with Crippen molar-refractivity contribution in [3.63, 3.8) is 0 Å². The molecule has 0 saturated carbocycles. The van der Waals surface area contributed by atoms with Crippen molar-refractivity contribution in [1.29, 1.82) is 0 Å². The van der Waals surface area contributed by atoms with E-state index in [1.54, 1.807) is 24.4 Å². The van der Waals surface area contributed by atoms with Crippen LogP contribution in [-0.4, -0.2) is 34.8 Å². The van der Waals surface area contributed by atoms with Crippen molar-refractivity contribution in [1.82, 2.24) is 9.88 Å². The van der Waals surface area contributed by atoms with Gasteiger partial charge in [0.25, 0.3) is 11.8 Å². The summed E-state index contributed by atoms with van der Waals surface area (Å²) in [5.74, 6) is 0.188. The molecule has 1 aromatic heterocycles. The lowest BCUT2D eigenvalue weighted by molar-refractivity contribution is 0.0712. The number of pyridine rings is 1. The SMILES string of the molecule is Cc1ccc(C(=O)Nc2cc(C(=O)N3CCC(c4ccc(Cl)cc4)CC3)ccc2C)cn1. The number of aryl methyl sites for hydroxylation is 2. The molecule has 6 heteroatoms. The van der Waals surface area contributed by atoms with Crippen LogP contribution in [0.15, 0.2) is 60.8 Å². The number of aromatic nitrogens is 1. The molecule has 1 N–H and O–H groups in total. The molecule has 0 radical (unpaired) electrons. The van der Waals surface area contributed by atoms with E-state index in [0.717, 1.165) is 29.1 Å². The van der Waals surface area contributed by atoms with Crippen LogP contribution in [0.2, 0.25) is 5.02 Å².